The van der Waals surface area contributed by atoms with Crippen LogP contribution in [0.3, 0.4) is 0 Å². The Labute approximate surface area is 114 Å². The van der Waals surface area contributed by atoms with Crippen LogP contribution in [0, 0.1) is 51.8 Å². The van der Waals surface area contributed by atoms with Gasteiger partial charge in [-0.25, -0.2) is 0 Å². The quantitative estimate of drug-likeness (QED) is 0.627. The number of hydrogen-bond donors (Lipinski definition) is 0. The molecule has 7 atom stereocenters. The highest BCUT2D eigenvalue weighted by atomic mass is 14.9. The van der Waals surface area contributed by atoms with Crippen LogP contribution in [0.25, 0.3) is 0 Å². The van der Waals surface area contributed by atoms with Crippen LogP contribution in [0.2, 0.25) is 0 Å². The minimum absolute atomic E-state index is 0.520. The van der Waals surface area contributed by atoms with E-state index in [1.165, 1.54) is 6.42 Å². The van der Waals surface area contributed by atoms with Crippen molar-refractivity contribution in [1.29, 1.82) is 0 Å². The maximum Gasteiger partial charge on any atom is -0.0201 e. The Balaban J connectivity index is 1.98. The Kier molecular flexibility index (Phi) is 2.30. The van der Waals surface area contributed by atoms with Gasteiger partial charge in [0.25, 0.3) is 0 Å². The first-order chi connectivity index (χ1) is 8.10. The van der Waals surface area contributed by atoms with Gasteiger partial charge in [0.15, 0.2) is 0 Å². The molecule has 7 unspecified atom stereocenters. The molecule has 0 aromatic heterocycles. The monoisotopic (exact) mass is 248 g/mol. The molecule has 3 saturated carbocycles. The van der Waals surface area contributed by atoms with Crippen molar-refractivity contribution in [3.05, 3.63) is 0 Å². The SMILES string of the molecule is CC(C)C1C(C2(C)C3CC32C)C(C)C(C)C1(C)C. The second-order valence-electron chi connectivity index (χ2n) is 9.22. The van der Waals surface area contributed by atoms with E-state index in [9.17, 15) is 0 Å². The van der Waals surface area contributed by atoms with E-state index in [-0.39, 0.29) is 0 Å². The van der Waals surface area contributed by atoms with Crippen molar-refractivity contribution >= 4 is 0 Å². The average Bonchev–Trinajstić information content (AvgIpc) is 3.05. The van der Waals surface area contributed by atoms with Crippen LogP contribution in [-0.2, 0) is 0 Å². The van der Waals surface area contributed by atoms with Crippen LogP contribution in [-0.4, -0.2) is 0 Å². The second kappa shape index (κ2) is 3.18. The molecule has 0 saturated heterocycles. The molecule has 3 rings (SSSR count). The summed E-state index contributed by atoms with van der Waals surface area (Å²) < 4.78 is 0. The summed E-state index contributed by atoms with van der Waals surface area (Å²) in [6, 6.07) is 0. The standard InChI is InChI=1S/C18H32/c1-10(2)14-15(11(3)12(4)16(14,5)6)18(8)13-9-17(13,18)7/h10-15H,9H2,1-8H3. The highest BCUT2D eigenvalue weighted by molar-refractivity contribution is 5.34. The molecule has 0 heterocycles. The molecule has 0 radical (unpaired) electrons. The second-order valence-corrected chi connectivity index (χ2v) is 9.22. The molecule has 0 spiro atoms. The summed E-state index contributed by atoms with van der Waals surface area (Å²) >= 11 is 0. The summed E-state index contributed by atoms with van der Waals surface area (Å²) in [4.78, 5) is 0. The first-order valence-electron chi connectivity index (χ1n) is 8.10. The lowest BCUT2D eigenvalue weighted by molar-refractivity contribution is 0.0648. The van der Waals surface area contributed by atoms with Crippen LogP contribution in [0.5, 0.6) is 0 Å². The molecular weight excluding hydrogens is 216 g/mol. The smallest absolute Gasteiger partial charge is 0.0201 e. The highest BCUT2D eigenvalue weighted by Gasteiger charge is 2.87. The lowest BCUT2D eigenvalue weighted by Gasteiger charge is -2.41. The molecule has 18 heavy (non-hydrogen) atoms. The molecule has 0 amide bonds. The fourth-order valence-electron chi connectivity index (χ4n) is 6.57. The number of rotatable bonds is 2. The Morgan fingerprint density at radius 3 is 1.83 bits per heavy atom. The van der Waals surface area contributed by atoms with Gasteiger partial charge >= 0.3 is 0 Å². The summed E-state index contributed by atoms with van der Waals surface area (Å²) in [5.74, 6) is 5.55. The molecule has 0 heteroatoms. The van der Waals surface area contributed by atoms with Crippen LogP contribution < -0.4 is 0 Å². The molecule has 0 aromatic rings. The fraction of sp³-hybridized carbons (Fsp3) is 1.00. The zero-order chi connectivity index (χ0) is 13.7. The average molecular weight is 248 g/mol. The lowest BCUT2D eigenvalue weighted by atomic mass is 9.63. The van der Waals surface area contributed by atoms with Gasteiger partial charge in [0, 0.05) is 0 Å². The van der Waals surface area contributed by atoms with Gasteiger partial charge in [-0.1, -0.05) is 55.4 Å². The van der Waals surface area contributed by atoms with E-state index in [0.717, 1.165) is 40.9 Å². The number of fused-ring (bicyclic) bond motifs is 1. The van der Waals surface area contributed by atoms with Gasteiger partial charge in [-0.05, 0) is 58.2 Å². The van der Waals surface area contributed by atoms with E-state index in [1.54, 1.807) is 0 Å². The van der Waals surface area contributed by atoms with Crippen LogP contribution in [0.4, 0.5) is 0 Å². The fourth-order valence-corrected chi connectivity index (χ4v) is 6.57. The molecule has 104 valence electrons. The van der Waals surface area contributed by atoms with Crippen molar-refractivity contribution in [3.63, 3.8) is 0 Å². The van der Waals surface area contributed by atoms with Crippen LogP contribution in [0.15, 0.2) is 0 Å². The van der Waals surface area contributed by atoms with Crippen molar-refractivity contribution in [2.45, 2.75) is 61.8 Å². The van der Waals surface area contributed by atoms with Crippen molar-refractivity contribution in [1.82, 2.24) is 0 Å². The maximum absolute atomic E-state index is 2.62. The summed E-state index contributed by atoms with van der Waals surface area (Å²) in [7, 11) is 0. The topological polar surface area (TPSA) is 0 Å². The van der Waals surface area contributed by atoms with Crippen LogP contribution >= 0.6 is 0 Å². The zero-order valence-corrected chi connectivity index (χ0v) is 13.7. The Morgan fingerprint density at radius 1 is 1.00 bits per heavy atom. The van der Waals surface area contributed by atoms with E-state index in [1.807, 2.05) is 0 Å². The van der Waals surface area contributed by atoms with E-state index in [0.29, 0.717) is 10.8 Å². The molecule has 0 nitrogen and oxygen atoms in total. The predicted molar refractivity (Wildman–Crippen MR) is 78.2 cm³/mol. The molecule has 3 fully saturated rings. The number of hydrogen-bond acceptors (Lipinski definition) is 0. The third-order valence-corrected chi connectivity index (χ3v) is 8.29. The first-order valence-corrected chi connectivity index (χ1v) is 8.10. The van der Waals surface area contributed by atoms with E-state index in [4.69, 9.17) is 0 Å². The van der Waals surface area contributed by atoms with Gasteiger partial charge in [0.2, 0.25) is 0 Å². The first kappa shape index (κ1) is 13.0. The Hall–Kier alpha value is 0. The summed E-state index contributed by atoms with van der Waals surface area (Å²) in [5.41, 5.74) is 1.94. The molecule has 3 aliphatic rings. The zero-order valence-electron chi connectivity index (χ0n) is 13.7. The van der Waals surface area contributed by atoms with E-state index >= 15 is 0 Å². The van der Waals surface area contributed by atoms with Crippen molar-refractivity contribution in [3.8, 4) is 0 Å². The van der Waals surface area contributed by atoms with Crippen molar-refractivity contribution < 1.29 is 0 Å². The van der Waals surface area contributed by atoms with Gasteiger partial charge in [-0.15, -0.1) is 0 Å². The van der Waals surface area contributed by atoms with Gasteiger partial charge in [-0.2, -0.15) is 0 Å². The molecular formula is C18H32. The largest absolute Gasteiger partial charge is 0.0625 e. The van der Waals surface area contributed by atoms with E-state index < -0.39 is 0 Å². The Bertz CT molecular complexity index is 379. The third kappa shape index (κ3) is 1.15. The molecule has 0 aliphatic heterocycles. The van der Waals surface area contributed by atoms with Crippen molar-refractivity contribution in [2.75, 3.05) is 0 Å². The minimum Gasteiger partial charge on any atom is -0.0625 e. The minimum atomic E-state index is 0.520. The summed E-state index contributed by atoms with van der Waals surface area (Å²) in [6.45, 7) is 20.2. The van der Waals surface area contributed by atoms with Crippen molar-refractivity contribution in [2.24, 2.45) is 51.8 Å². The maximum atomic E-state index is 2.62. The third-order valence-electron chi connectivity index (χ3n) is 8.29. The molecule has 0 aromatic carbocycles. The Morgan fingerprint density at radius 2 is 1.50 bits per heavy atom. The normalized spacial score (nSPS) is 60.8. The van der Waals surface area contributed by atoms with Crippen LogP contribution in [0.1, 0.15) is 61.8 Å². The predicted octanol–water partition coefficient (Wildman–Crippen LogP) is 5.23. The summed E-state index contributed by atoms with van der Waals surface area (Å²) in [5, 5.41) is 0. The molecule has 0 N–H and O–H groups in total. The lowest BCUT2D eigenvalue weighted by Crippen LogP contribution is -2.36. The van der Waals surface area contributed by atoms with E-state index in [2.05, 4.69) is 55.4 Å². The molecule has 0 bridgehead atoms. The van der Waals surface area contributed by atoms with Gasteiger partial charge in [0.05, 0.1) is 0 Å². The highest BCUT2D eigenvalue weighted by Crippen LogP contribution is 2.92. The molecule has 3 aliphatic carbocycles. The van der Waals surface area contributed by atoms with Gasteiger partial charge < -0.3 is 0 Å². The van der Waals surface area contributed by atoms with Gasteiger partial charge in [-0.3, -0.25) is 0 Å². The van der Waals surface area contributed by atoms with Gasteiger partial charge in [0.1, 0.15) is 0 Å². The summed E-state index contributed by atoms with van der Waals surface area (Å²) in [6.07, 6.45) is 1.52.